The fraction of sp³-hybridized carbons (Fsp3) is 0.364. The van der Waals surface area contributed by atoms with Gasteiger partial charge >= 0.3 is 5.97 Å². The molecule has 5 nitrogen and oxygen atoms in total. The largest absolute Gasteiger partial charge is 0.466 e. The summed E-state index contributed by atoms with van der Waals surface area (Å²) in [6, 6.07) is 17.8. The first-order chi connectivity index (χ1) is 13.2. The van der Waals surface area contributed by atoms with E-state index in [-0.39, 0.29) is 17.8 Å². The first-order valence-corrected chi connectivity index (χ1v) is 9.62. The van der Waals surface area contributed by atoms with Gasteiger partial charge in [-0.3, -0.25) is 9.59 Å². The van der Waals surface area contributed by atoms with Gasteiger partial charge in [0.2, 0.25) is 0 Å². The van der Waals surface area contributed by atoms with E-state index < -0.39 is 0 Å². The maximum atomic E-state index is 12.6. The topological polar surface area (TPSA) is 59.8 Å². The average molecular weight is 367 g/mol. The van der Waals surface area contributed by atoms with Crippen LogP contribution in [0.3, 0.4) is 0 Å². The lowest BCUT2D eigenvalue weighted by atomic mass is 9.98. The van der Waals surface area contributed by atoms with Crippen molar-refractivity contribution >= 4 is 17.6 Å². The van der Waals surface area contributed by atoms with Gasteiger partial charge in [0, 0.05) is 11.3 Å². The second-order valence-electron chi connectivity index (χ2n) is 6.93. The van der Waals surface area contributed by atoms with Crippen molar-refractivity contribution in [1.29, 1.82) is 0 Å². The van der Waals surface area contributed by atoms with E-state index in [4.69, 9.17) is 4.74 Å². The standard InChI is InChI=1S/C22H26N2O3/c1-2-27-22(26)18-11-8-14-24(15-18)16-21(25)23-20-13-7-6-12-19(20)17-9-4-3-5-10-17/h3-7,9-10,12-13,18H,2,8,11,14-16H2,1H3,(H,23,25)/p+1/t18-/m0/s1. The van der Waals surface area contributed by atoms with E-state index in [1.165, 1.54) is 0 Å². The molecule has 1 heterocycles. The van der Waals surface area contributed by atoms with E-state index in [0.717, 1.165) is 41.1 Å². The van der Waals surface area contributed by atoms with Crippen molar-refractivity contribution in [2.24, 2.45) is 5.92 Å². The summed E-state index contributed by atoms with van der Waals surface area (Å²) in [5, 5.41) is 3.05. The molecule has 1 fully saturated rings. The molecular weight excluding hydrogens is 340 g/mol. The van der Waals surface area contributed by atoms with Crippen LogP contribution in [0.5, 0.6) is 0 Å². The highest BCUT2D eigenvalue weighted by Crippen LogP contribution is 2.27. The Balaban J connectivity index is 1.62. The molecule has 0 bridgehead atoms. The number of amides is 1. The lowest BCUT2D eigenvalue weighted by Gasteiger charge is -2.28. The Morgan fingerprint density at radius 3 is 2.63 bits per heavy atom. The van der Waals surface area contributed by atoms with Crippen LogP contribution in [0.25, 0.3) is 11.1 Å². The van der Waals surface area contributed by atoms with Gasteiger partial charge in [-0.05, 0) is 31.4 Å². The molecule has 0 radical (unpaired) electrons. The number of nitrogens with one attached hydrogen (secondary N) is 2. The van der Waals surface area contributed by atoms with Crippen LogP contribution in [-0.2, 0) is 14.3 Å². The minimum absolute atomic E-state index is 0.0297. The zero-order valence-electron chi connectivity index (χ0n) is 15.7. The van der Waals surface area contributed by atoms with Gasteiger partial charge in [-0.2, -0.15) is 0 Å². The monoisotopic (exact) mass is 367 g/mol. The number of hydrogen-bond acceptors (Lipinski definition) is 3. The molecule has 1 aliphatic rings. The third kappa shape index (κ3) is 5.17. The van der Waals surface area contributed by atoms with Crippen LogP contribution in [-0.4, -0.2) is 38.1 Å². The summed E-state index contributed by atoms with van der Waals surface area (Å²) >= 11 is 0. The molecule has 1 unspecified atom stereocenters. The fourth-order valence-electron chi connectivity index (χ4n) is 3.66. The summed E-state index contributed by atoms with van der Waals surface area (Å²) in [5.41, 5.74) is 2.89. The maximum Gasteiger partial charge on any atom is 0.314 e. The molecule has 27 heavy (non-hydrogen) atoms. The third-order valence-corrected chi connectivity index (χ3v) is 4.93. The third-order valence-electron chi connectivity index (χ3n) is 4.93. The van der Waals surface area contributed by atoms with Gasteiger partial charge in [-0.25, -0.2) is 0 Å². The number of benzene rings is 2. The van der Waals surface area contributed by atoms with E-state index in [9.17, 15) is 9.59 Å². The van der Waals surface area contributed by atoms with Crippen molar-refractivity contribution in [3.8, 4) is 11.1 Å². The number of likely N-dealkylation sites (tertiary alicyclic amines) is 1. The van der Waals surface area contributed by atoms with E-state index >= 15 is 0 Å². The highest BCUT2D eigenvalue weighted by molar-refractivity contribution is 5.96. The van der Waals surface area contributed by atoms with Gasteiger partial charge in [0.1, 0.15) is 5.92 Å². The predicted molar refractivity (Wildman–Crippen MR) is 105 cm³/mol. The van der Waals surface area contributed by atoms with Gasteiger partial charge < -0.3 is 15.0 Å². The van der Waals surface area contributed by atoms with Crippen molar-refractivity contribution < 1.29 is 19.2 Å². The molecule has 0 aliphatic carbocycles. The zero-order chi connectivity index (χ0) is 19.1. The van der Waals surface area contributed by atoms with Crippen LogP contribution in [0.15, 0.2) is 54.6 Å². The van der Waals surface area contributed by atoms with Crippen LogP contribution in [0.1, 0.15) is 19.8 Å². The minimum atomic E-state index is -0.135. The van der Waals surface area contributed by atoms with E-state index in [1.807, 2.05) is 61.5 Å². The Morgan fingerprint density at radius 1 is 1.11 bits per heavy atom. The molecule has 0 aromatic heterocycles. The van der Waals surface area contributed by atoms with Gasteiger partial charge in [-0.15, -0.1) is 0 Å². The Labute approximate surface area is 160 Å². The zero-order valence-corrected chi connectivity index (χ0v) is 15.7. The Kier molecular flexibility index (Phi) is 6.60. The molecule has 2 N–H and O–H groups in total. The number of carbonyl (C=O) groups is 2. The summed E-state index contributed by atoms with van der Waals surface area (Å²) in [4.78, 5) is 25.7. The number of hydrogen-bond donors (Lipinski definition) is 2. The summed E-state index contributed by atoms with van der Waals surface area (Å²) < 4.78 is 5.14. The number of piperidine rings is 1. The van der Waals surface area contributed by atoms with E-state index in [0.29, 0.717) is 19.7 Å². The second-order valence-corrected chi connectivity index (χ2v) is 6.93. The number of esters is 1. The molecule has 2 atom stereocenters. The smallest absolute Gasteiger partial charge is 0.314 e. The second kappa shape index (κ2) is 9.33. The summed E-state index contributed by atoms with van der Waals surface area (Å²) in [5.74, 6) is -0.263. The highest BCUT2D eigenvalue weighted by Gasteiger charge is 2.30. The molecule has 0 saturated carbocycles. The van der Waals surface area contributed by atoms with Crippen molar-refractivity contribution in [2.45, 2.75) is 19.8 Å². The molecule has 1 saturated heterocycles. The Bertz CT molecular complexity index is 776. The van der Waals surface area contributed by atoms with Crippen LogP contribution in [0.2, 0.25) is 0 Å². The molecule has 0 spiro atoms. The number of carbonyl (C=O) groups excluding carboxylic acids is 2. The van der Waals surface area contributed by atoms with E-state index in [2.05, 4.69) is 5.32 Å². The van der Waals surface area contributed by atoms with Gasteiger partial charge in [0.25, 0.3) is 5.91 Å². The Morgan fingerprint density at radius 2 is 1.85 bits per heavy atom. The highest BCUT2D eigenvalue weighted by atomic mass is 16.5. The molecular formula is C22H27N2O3+. The van der Waals surface area contributed by atoms with Crippen molar-refractivity contribution in [1.82, 2.24) is 0 Å². The molecule has 2 aromatic rings. The number of ether oxygens (including phenoxy) is 1. The van der Waals surface area contributed by atoms with Gasteiger partial charge in [-0.1, -0.05) is 48.5 Å². The lowest BCUT2D eigenvalue weighted by molar-refractivity contribution is -0.899. The average Bonchev–Trinajstić information content (AvgIpc) is 2.69. The quantitative estimate of drug-likeness (QED) is 0.769. The van der Waals surface area contributed by atoms with Crippen molar-refractivity contribution in [3.05, 3.63) is 54.6 Å². The molecule has 2 aromatic carbocycles. The summed E-state index contributed by atoms with van der Waals surface area (Å²) in [6.07, 6.45) is 1.79. The SMILES string of the molecule is CCOC(=O)[C@H]1CCC[NH+](CC(=O)Nc2ccccc2-c2ccccc2)C1. The number of para-hydroxylation sites is 1. The van der Waals surface area contributed by atoms with E-state index in [1.54, 1.807) is 0 Å². The maximum absolute atomic E-state index is 12.6. The first kappa shape index (κ1) is 19.1. The first-order valence-electron chi connectivity index (χ1n) is 9.62. The van der Waals surface area contributed by atoms with Gasteiger partial charge in [0.05, 0.1) is 19.7 Å². The van der Waals surface area contributed by atoms with Crippen LogP contribution < -0.4 is 10.2 Å². The normalized spacial score (nSPS) is 19.3. The van der Waals surface area contributed by atoms with Crippen LogP contribution in [0, 0.1) is 5.92 Å². The lowest BCUT2D eigenvalue weighted by Crippen LogP contribution is -3.14. The molecule has 1 aliphatic heterocycles. The predicted octanol–water partition coefficient (Wildman–Crippen LogP) is 2.15. The minimum Gasteiger partial charge on any atom is -0.466 e. The number of rotatable bonds is 6. The molecule has 142 valence electrons. The summed E-state index contributed by atoms with van der Waals surface area (Å²) in [6.45, 7) is 4.15. The van der Waals surface area contributed by atoms with Crippen molar-refractivity contribution in [3.63, 3.8) is 0 Å². The van der Waals surface area contributed by atoms with Crippen LogP contribution in [0.4, 0.5) is 5.69 Å². The fourth-order valence-corrected chi connectivity index (χ4v) is 3.66. The molecule has 5 heteroatoms. The number of quaternary nitrogens is 1. The number of anilines is 1. The van der Waals surface area contributed by atoms with Gasteiger partial charge in [0.15, 0.2) is 6.54 Å². The van der Waals surface area contributed by atoms with Crippen LogP contribution >= 0.6 is 0 Å². The summed E-state index contributed by atoms with van der Waals surface area (Å²) in [7, 11) is 0. The van der Waals surface area contributed by atoms with Crippen molar-refractivity contribution in [2.75, 3.05) is 31.6 Å². The Hall–Kier alpha value is -2.66. The molecule has 1 amide bonds. The molecule has 3 rings (SSSR count).